The van der Waals surface area contributed by atoms with Crippen molar-refractivity contribution in [1.82, 2.24) is 4.98 Å². The molecule has 0 fully saturated rings. The van der Waals surface area contributed by atoms with Crippen LogP contribution in [0, 0.1) is 11.8 Å². The summed E-state index contributed by atoms with van der Waals surface area (Å²) in [6.45, 7) is 1.87. The third kappa shape index (κ3) is 2.87. The number of nitrogens with zero attached hydrogens (tertiary/aromatic N) is 1. The molecule has 6 heteroatoms. The van der Waals surface area contributed by atoms with Crippen molar-refractivity contribution in [1.29, 1.82) is 0 Å². The summed E-state index contributed by atoms with van der Waals surface area (Å²) < 4.78 is 0.980. The summed E-state index contributed by atoms with van der Waals surface area (Å²) in [6.07, 6.45) is 2.70. The lowest BCUT2D eigenvalue weighted by atomic mass is 9.79. The fourth-order valence-electron chi connectivity index (χ4n) is 2.73. The van der Waals surface area contributed by atoms with Gasteiger partial charge < -0.3 is 15.2 Å². The molecule has 5 nitrogen and oxygen atoms in total. The minimum atomic E-state index is -1.17. The Bertz CT molecular complexity index is 733. The predicted molar refractivity (Wildman–Crippen MR) is 83.2 cm³/mol. The maximum absolute atomic E-state index is 12.4. The number of para-hydroxylation sites is 1. The van der Waals surface area contributed by atoms with E-state index in [0.29, 0.717) is 18.0 Å². The number of benzene rings is 1. The third-order valence-electron chi connectivity index (χ3n) is 3.91. The van der Waals surface area contributed by atoms with E-state index >= 15 is 0 Å². The molecule has 22 heavy (non-hydrogen) atoms. The van der Waals surface area contributed by atoms with Crippen LogP contribution in [0.2, 0.25) is 0 Å². The highest BCUT2D eigenvalue weighted by molar-refractivity contribution is 7.22. The SMILES string of the molecule is CC1=CC[C@@H](C(=O)Nc2nc3ccccc3s2)[C@H](C(=O)[O-])C1. The molecule has 0 unspecified atom stereocenters. The molecule has 0 spiro atoms. The van der Waals surface area contributed by atoms with Crippen LogP contribution in [-0.2, 0) is 9.59 Å². The number of rotatable bonds is 3. The number of nitrogens with one attached hydrogen (secondary N) is 1. The van der Waals surface area contributed by atoms with E-state index < -0.39 is 17.8 Å². The first-order chi connectivity index (χ1) is 10.5. The van der Waals surface area contributed by atoms with Crippen molar-refractivity contribution in [2.24, 2.45) is 11.8 Å². The van der Waals surface area contributed by atoms with Gasteiger partial charge in [0.25, 0.3) is 0 Å². The lowest BCUT2D eigenvalue weighted by molar-refractivity contribution is -0.313. The number of fused-ring (bicyclic) bond motifs is 1. The normalized spacial score (nSPS) is 21.4. The Labute approximate surface area is 131 Å². The Morgan fingerprint density at radius 1 is 1.32 bits per heavy atom. The standard InChI is InChI=1S/C16H16N2O3S/c1-9-6-7-10(11(8-9)15(20)21)14(19)18-16-17-12-4-2-3-5-13(12)22-16/h2-6,10-11H,7-8H2,1H3,(H,20,21)(H,17,18,19)/p-1/t10-,11-/m1/s1. The second-order valence-electron chi connectivity index (χ2n) is 5.50. The zero-order chi connectivity index (χ0) is 15.7. The van der Waals surface area contributed by atoms with Gasteiger partial charge in [-0.1, -0.05) is 35.1 Å². The topological polar surface area (TPSA) is 82.1 Å². The van der Waals surface area contributed by atoms with Crippen molar-refractivity contribution < 1.29 is 14.7 Å². The van der Waals surface area contributed by atoms with Crippen LogP contribution >= 0.6 is 11.3 Å². The number of aliphatic carboxylic acids is 1. The predicted octanol–water partition coefficient (Wildman–Crippen LogP) is 1.96. The van der Waals surface area contributed by atoms with Crippen LogP contribution < -0.4 is 10.4 Å². The first-order valence-electron chi connectivity index (χ1n) is 7.07. The Morgan fingerprint density at radius 3 is 2.82 bits per heavy atom. The summed E-state index contributed by atoms with van der Waals surface area (Å²) >= 11 is 1.38. The van der Waals surface area contributed by atoms with Crippen molar-refractivity contribution >= 4 is 38.6 Å². The number of aromatic nitrogens is 1. The molecule has 1 aliphatic carbocycles. The summed E-state index contributed by atoms with van der Waals surface area (Å²) in [6, 6.07) is 7.60. The molecule has 2 aromatic rings. The summed E-state index contributed by atoms with van der Waals surface area (Å²) in [5, 5.41) is 14.5. The van der Waals surface area contributed by atoms with Crippen LogP contribution in [0.15, 0.2) is 35.9 Å². The lowest BCUT2D eigenvalue weighted by Crippen LogP contribution is -2.42. The third-order valence-corrected chi connectivity index (χ3v) is 4.86. The molecule has 0 bridgehead atoms. The average Bonchev–Trinajstić information content (AvgIpc) is 2.89. The Morgan fingerprint density at radius 2 is 2.09 bits per heavy atom. The number of carboxylic acid groups (broad SMARTS) is 1. The van der Waals surface area contributed by atoms with Gasteiger partial charge in [-0.15, -0.1) is 0 Å². The van der Waals surface area contributed by atoms with Gasteiger partial charge >= 0.3 is 0 Å². The largest absolute Gasteiger partial charge is 0.550 e. The molecule has 0 aliphatic heterocycles. The molecule has 1 aromatic carbocycles. The molecule has 2 atom stereocenters. The van der Waals surface area contributed by atoms with Crippen molar-refractivity contribution in [2.75, 3.05) is 5.32 Å². The summed E-state index contributed by atoms with van der Waals surface area (Å²) in [5.41, 5.74) is 1.80. The van der Waals surface area contributed by atoms with E-state index in [2.05, 4.69) is 10.3 Å². The molecule has 1 aromatic heterocycles. The Hall–Kier alpha value is -2.21. The van der Waals surface area contributed by atoms with E-state index in [1.165, 1.54) is 11.3 Å². The first-order valence-corrected chi connectivity index (χ1v) is 7.89. The summed E-state index contributed by atoms with van der Waals surface area (Å²) in [4.78, 5) is 28.0. The van der Waals surface area contributed by atoms with Gasteiger partial charge in [-0.25, -0.2) is 4.98 Å². The molecule has 1 aliphatic rings. The van der Waals surface area contributed by atoms with E-state index in [9.17, 15) is 14.7 Å². The van der Waals surface area contributed by atoms with Crippen molar-refractivity contribution in [3.8, 4) is 0 Å². The van der Waals surface area contributed by atoms with Crippen LogP contribution in [0.25, 0.3) is 10.2 Å². The van der Waals surface area contributed by atoms with Crippen molar-refractivity contribution in [3.63, 3.8) is 0 Å². The van der Waals surface area contributed by atoms with Gasteiger partial charge in [-0.05, 0) is 31.9 Å². The van der Waals surface area contributed by atoms with Gasteiger partial charge in [0.05, 0.1) is 16.1 Å². The minimum Gasteiger partial charge on any atom is -0.550 e. The second-order valence-corrected chi connectivity index (χ2v) is 6.53. The second kappa shape index (κ2) is 5.88. The maximum atomic E-state index is 12.4. The average molecular weight is 315 g/mol. The Balaban J connectivity index is 1.79. The fourth-order valence-corrected chi connectivity index (χ4v) is 3.59. The summed E-state index contributed by atoms with van der Waals surface area (Å²) in [5.74, 6) is -2.87. The zero-order valence-corrected chi connectivity index (χ0v) is 12.9. The molecule has 0 saturated heterocycles. The Kier molecular flexibility index (Phi) is 3.94. The smallest absolute Gasteiger partial charge is 0.230 e. The highest BCUT2D eigenvalue weighted by atomic mass is 32.1. The molecule has 0 radical (unpaired) electrons. The highest BCUT2D eigenvalue weighted by Gasteiger charge is 2.31. The van der Waals surface area contributed by atoms with E-state index in [1.54, 1.807) is 0 Å². The van der Waals surface area contributed by atoms with Gasteiger partial charge in [0.1, 0.15) is 0 Å². The van der Waals surface area contributed by atoms with Crippen molar-refractivity contribution in [2.45, 2.75) is 19.8 Å². The number of allylic oxidation sites excluding steroid dienone is 2. The van der Waals surface area contributed by atoms with E-state index in [4.69, 9.17) is 0 Å². The fraction of sp³-hybridized carbons (Fsp3) is 0.312. The molecular formula is C16H15N2O3S-. The minimum absolute atomic E-state index is 0.308. The number of anilines is 1. The number of carbonyl (C=O) groups is 2. The highest BCUT2D eigenvalue weighted by Crippen LogP contribution is 2.31. The number of amides is 1. The number of carbonyl (C=O) groups excluding carboxylic acids is 2. The van der Waals surface area contributed by atoms with Gasteiger partial charge in [0.15, 0.2) is 5.13 Å². The molecule has 1 N–H and O–H groups in total. The molecule has 1 heterocycles. The van der Waals surface area contributed by atoms with Crippen LogP contribution in [0.5, 0.6) is 0 Å². The van der Waals surface area contributed by atoms with E-state index in [0.717, 1.165) is 15.8 Å². The lowest BCUT2D eigenvalue weighted by Gasteiger charge is -2.30. The van der Waals surface area contributed by atoms with E-state index in [-0.39, 0.29) is 5.91 Å². The van der Waals surface area contributed by atoms with Crippen LogP contribution in [0.4, 0.5) is 5.13 Å². The number of hydrogen-bond donors (Lipinski definition) is 1. The van der Waals surface area contributed by atoms with Gasteiger partial charge in [0.2, 0.25) is 5.91 Å². The van der Waals surface area contributed by atoms with Gasteiger partial charge in [0, 0.05) is 11.9 Å². The maximum Gasteiger partial charge on any atom is 0.230 e. The van der Waals surface area contributed by atoms with Crippen LogP contribution in [0.1, 0.15) is 19.8 Å². The number of carboxylic acids is 1. The number of hydrogen-bond acceptors (Lipinski definition) is 5. The monoisotopic (exact) mass is 315 g/mol. The number of thiazole rings is 1. The molecule has 0 saturated carbocycles. The summed E-state index contributed by atoms with van der Waals surface area (Å²) in [7, 11) is 0. The van der Waals surface area contributed by atoms with Crippen LogP contribution in [-0.4, -0.2) is 16.9 Å². The van der Waals surface area contributed by atoms with Crippen molar-refractivity contribution in [3.05, 3.63) is 35.9 Å². The first kappa shape index (κ1) is 14.7. The molecule has 114 valence electrons. The van der Waals surface area contributed by atoms with Gasteiger partial charge in [-0.2, -0.15) is 0 Å². The molecule has 1 amide bonds. The molecule has 3 rings (SSSR count). The van der Waals surface area contributed by atoms with Crippen LogP contribution in [0.3, 0.4) is 0 Å². The van der Waals surface area contributed by atoms with Gasteiger partial charge in [-0.3, -0.25) is 4.79 Å². The zero-order valence-electron chi connectivity index (χ0n) is 12.0. The molecular weight excluding hydrogens is 300 g/mol. The van der Waals surface area contributed by atoms with E-state index in [1.807, 2.05) is 37.3 Å². The quantitative estimate of drug-likeness (QED) is 0.878.